The van der Waals surface area contributed by atoms with Crippen LogP contribution in [-0.2, 0) is 10.8 Å². The monoisotopic (exact) mass is 244 g/mol. The van der Waals surface area contributed by atoms with Gasteiger partial charge in [-0.2, -0.15) is 0 Å². The molecule has 0 saturated heterocycles. The Morgan fingerprint density at radius 1 is 1.40 bits per heavy atom. The third kappa shape index (κ3) is 3.14. The molecule has 0 aliphatic carbocycles. The van der Waals surface area contributed by atoms with Crippen LogP contribution < -0.4 is 0 Å². The second-order valence-electron chi connectivity index (χ2n) is 3.18. The van der Waals surface area contributed by atoms with Gasteiger partial charge in [-0.25, -0.2) is 0 Å². The molecule has 1 rings (SSSR count). The highest BCUT2D eigenvalue weighted by molar-refractivity contribution is 7.86. The minimum absolute atomic E-state index is 0.0909. The largest absolute Gasteiger partial charge is 0.293 e. The van der Waals surface area contributed by atoms with Gasteiger partial charge in [0.15, 0.2) is 5.78 Å². The number of benzene rings is 1. The van der Waals surface area contributed by atoms with Gasteiger partial charge in [0.25, 0.3) is 0 Å². The zero-order valence-corrected chi connectivity index (χ0v) is 10.3. The Balaban J connectivity index is 2.85. The number of rotatable bonds is 4. The quantitative estimate of drug-likeness (QED) is 0.764. The van der Waals surface area contributed by atoms with Crippen molar-refractivity contribution in [3.63, 3.8) is 0 Å². The van der Waals surface area contributed by atoms with Crippen LogP contribution >= 0.6 is 11.6 Å². The summed E-state index contributed by atoms with van der Waals surface area (Å²) in [6.07, 6.45) is 0. The Bertz CT molecular complexity index is 373. The number of hydrogen-bond donors (Lipinski definition) is 0. The van der Waals surface area contributed by atoms with E-state index < -0.39 is 16.0 Å². The van der Waals surface area contributed by atoms with E-state index in [4.69, 9.17) is 11.6 Å². The molecule has 2 nitrogen and oxygen atoms in total. The molecule has 0 aliphatic rings. The number of halogens is 1. The zero-order chi connectivity index (χ0) is 11.4. The smallest absolute Gasteiger partial charge is 0.178 e. The molecule has 0 saturated carbocycles. The lowest BCUT2D eigenvalue weighted by Gasteiger charge is -2.08. The summed E-state index contributed by atoms with van der Waals surface area (Å²) >= 11 is 5.71. The first kappa shape index (κ1) is 12.4. The zero-order valence-electron chi connectivity index (χ0n) is 8.70. The average Bonchev–Trinajstić information content (AvgIpc) is 2.27. The summed E-state index contributed by atoms with van der Waals surface area (Å²) in [5, 5.41) is 0.145. The molecule has 0 aliphatic heterocycles. The van der Waals surface area contributed by atoms with Crippen molar-refractivity contribution in [2.24, 2.45) is 0 Å². The summed E-state index contributed by atoms with van der Waals surface area (Å²) < 4.78 is 11.5. The van der Waals surface area contributed by atoms with Gasteiger partial charge in [-0.1, -0.05) is 18.5 Å². The molecular weight excluding hydrogens is 232 g/mol. The third-order valence-corrected chi connectivity index (χ3v) is 4.00. The Morgan fingerprint density at radius 3 is 2.40 bits per heavy atom. The van der Waals surface area contributed by atoms with Crippen molar-refractivity contribution in [2.45, 2.75) is 19.1 Å². The van der Waals surface area contributed by atoms with Crippen LogP contribution in [0.3, 0.4) is 0 Å². The van der Waals surface area contributed by atoms with E-state index in [9.17, 15) is 9.00 Å². The van der Waals surface area contributed by atoms with Gasteiger partial charge in [-0.15, -0.1) is 0 Å². The number of carbonyl (C=O) groups excluding carboxylic acids is 1. The van der Waals surface area contributed by atoms with Crippen LogP contribution in [-0.4, -0.2) is 21.0 Å². The van der Waals surface area contributed by atoms with Gasteiger partial charge in [0.05, 0.1) is 5.25 Å². The molecular formula is C11H13ClO2S. The van der Waals surface area contributed by atoms with E-state index in [1.165, 1.54) is 0 Å². The maximum absolute atomic E-state index is 11.8. The molecule has 0 aromatic heterocycles. The van der Waals surface area contributed by atoms with Crippen molar-refractivity contribution in [3.8, 4) is 0 Å². The summed E-state index contributed by atoms with van der Waals surface area (Å²) in [7, 11) is -1.09. The first-order chi connectivity index (χ1) is 7.06. The Hall–Kier alpha value is -0.670. The summed E-state index contributed by atoms with van der Waals surface area (Å²) in [5.41, 5.74) is 0.564. The van der Waals surface area contributed by atoms with Gasteiger partial charge in [-0.05, 0) is 31.2 Å². The van der Waals surface area contributed by atoms with E-state index in [-0.39, 0.29) is 5.78 Å². The SMILES string of the molecule is CCS(=O)C(C)C(=O)c1ccc(Cl)cc1. The fourth-order valence-corrected chi connectivity index (χ4v) is 2.22. The standard InChI is InChI=1S/C11H13ClO2S/c1-3-15(14)8(2)11(13)9-4-6-10(12)7-5-9/h4-8H,3H2,1-2H3. The van der Waals surface area contributed by atoms with Crippen molar-refractivity contribution >= 4 is 28.2 Å². The van der Waals surface area contributed by atoms with Crippen molar-refractivity contribution in [1.82, 2.24) is 0 Å². The summed E-state index contributed by atoms with van der Waals surface area (Å²) in [6, 6.07) is 6.65. The first-order valence-corrected chi connectivity index (χ1v) is 6.49. The van der Waals surface area contributed by atoms with E-state index in [1.807, 2.05) is 6.92 Å². The topological polar surface area (TPSA) is 34.1 Å². The summed E-state index contributed by atoms with van der Waals surface area (Å²) in [6.45, 7) is 3.50. The predicted octanol–water partition coefficient (Wildman–Crippen LogP) is 2.68. The number of ketones is 1. The van der Waals surface area contributed by atoms with Crippen molar-refractivity contribution in [2.75, 3.05) is 5.75 Å². The third-order valence-electron chi connectivity index (χ3n) is 2.18. The van der Waals surface area contributed by atoms with Gasteiger partial charge in [0, 0.05) is 27.1 Å². The van der Waals surface area contributed by atoms with Crippen molar-refractivity contribution < 1.29 is 9.00 Å². The van der Waals surface area contributed by atoms with Crippen LogP contribution in [0, 0.1) is 0 Å². The van der Waals surface area contributed by atoms with Crippen molar-refractivity contribution in [1.29, 1.82) is 0 Å². The molecule has 1 aromatic carbocycles. The van der Waals surface area contributed by atoms with Gasteiger partial charge in [0.1, 0.15) is 0 Å². The second kappa shape index (κ2) is 5.42. The Kier molecular flexibility index (Phi) is 4.48. The van der Waals surface area contributed by atoms with Crippen LogP contribution in [0.15, 0.2) is 24.3 Å². The maximum Gasteiger partial charge on any atom is 0.178 e. The second-order valence-corrected chi connectivity index (χ2v) is 5.67. The van der Waals surface area contributed by atoms with E-state index in [0.29, 0.717) is 16.3 Å². The van der Waals surface area contributed by atoms with Gasteiger partial charge in [-0.3, -0.25) is 9.00 Å². The van der Waals surface area contributed by atoms with Crippen LogP contribution in [0.1, 0.15) is 24.2 Å². The van der Waals surface area contributed by atoms with Gasteiger partial charge < -0.3 is 0 Å². The lowest BCUT2D eigenvalue weighted by atomic mass is 10.1. The van der Waals surface area contributed by atoms with Crippen LogP contribution in [0.2, 0.25) is 5.02 Å². The highest BCUT2D eigenvalue weighted by Crippen LogP contribution is 2.13. The molecule has 0 amide bonds. The molecule has 2 atom stereocenters. The van der Waals surface area contributed by atoms with E-state index in [0.717, 1.165) is 0 Å². The molecule has 0 N–H and O–H groups in total. The Morgan fingerprint density at radius 2 is 1.93 bits per heavy atom. The molecule has 1 aromatic rings. The highest BCUT2D eigenvalue weighted by atomic mass is 35.5. The molecule has 15 heavy (non-hydrogen) atoms. The molecule has 0 radical (unpaired) electrons. The van der Waals surface area contributed by atoms with E-state index >= 15 is 0 Å². The Labute approximate surface area is 97.1 Å². The number of Topliss-reactive ketones (excluding diaryl/α,β-unsaturated/α-hetero) is 1. The maximum atomic E-state index is 11.8. The molecule has 2 unspecified atom stereocenters. The summed E-state index contributed by atoms with van der Waals surface area (Å²) in [4.78, 5) is 11.8. The highest BCUT2D eigenvalue weighted by Gasteiger charge is 2.19. The lowest BCUT2D eigenvalue weighted by molar-refractivity contribution is 0.0992. The predicted molar refractivity (Wildman–Crippen MR) is 63.9 cm³/mol. The fraction of sp³-hybridized carbons (Fsp3) is 0.364. The molecule has 0 spiro atoms. The number of carbonyl (C=O) groups is 1. The molecule has 0 fully saturated rings. The minimum Gasteiger partial charge on any atom is -0.293 e. The van der Waals surface area contributed by atoms with Crippen LogP contribution in [0.25, 0.3) is 0 Å². The van der Waals surface area contributed by atoms with Gasteiger partial charge in [0.2, 0.25) is 0 Å². The molecule has 82 valence electrons. The molecule has 0 heterocycles. The van der Waals surface area contributed by atoms with Gasteiger partial charge >= 0.3 is 0 Å². The minimum atomic E-state index is -1.09. The molecule has 4 heteroatoms. The summed E-state index contributed by atoms with van der Waals surface area (Å²) in [5.74, 6) is 0.410. The average molecular weight is 245 g/mol. The van der Waals surface area contributed by atoms with Crippen LogP contribution in [0.5, 0.6) is 0 Å². The fourth-order valence-electron chi connectivity index (χ4n) is 1.22. The lowest BCUT2D eigenvalue weighted by Crippen LogP contribution is -2.23. The first-order valence-electron chi connectivity index (χ1n) is 4.73. The van der Waals surface area contributed by atoms with Crippen LogP contribution in [0.4, 0.5) is 0 Å². The van der Waals surface area contributed by atoms with Crippen molar-refractivity contribution in [3.05, 3.63) is 34.9 Å². The normalized spacial score (nSPS) is 14.6. The molecule has 0 bridgehead atoms. The van der Waals surface area contributed by atoms with E-state index in [2.05, 4.69) is 0 Å². The van der Waals surface area contributed by atoms with E-state index in [1.54, 1.807) is 31.2 Å². The number of hydrogen-bond acceptors (Lipinski definition) is 2.